The molecule has 0 aliphatic rings. The molecule has 0 saturated carbocycles. The van der Waals surface area contributed by atoms with E-state index in [1.54, 1.807) is 0 Å². The molecule has 0 spiro atoms. The first-order chi connectivity index (χ1) is 10.5. The average Bonchev–Trinajstić information content (AvgIpc) is 2.51. The van der Waals surface area contributed by atoms with Crippen molar-refractivity contribution in [1.29, 1.82) is 0 Å². The van der Waals surface area contributed by atoms with Crippen LogP contribution in [0.3, 0.4) is 0 Å². The van der Waals surface area contributed by atoms with Crippen LogP contribution in [-0.2, 0) is 0 Å². The third-order valence-corrected chi connectivity index (χ3v) is 2.96. The summed E-state index contributed by atoms with van der Waals surface area (Å²) in [6, 6.07) is 8.06. The second-order valence-corrected chi connectivity index (χ2v) is 5.51. The van der Waals surface area contributed by atoms with E-state index in [0.29, 0.717) is 0 Å². The number of pyridine rings is 2. The minimum absolute atomic E-state index is 0.876. The van der Waals surface area contributed by atoms with Crippen molar-refractivity contribution < 1.29 is 0 Å². The number of hydrogen-bond donors (Lipinski definition) is 0. The maximum Gasteiger partial charge on any atom is 0.0892 e. The largest absolute Gasteiger partial charge is 0.383 e. The molecule has 0 radical (unpaired) electrons. The fourth-order valence-corrected chi connectivity index (χ4v) is 1.85. The van der Waals surface area contributed by atoms with Gasteiger partial charge in [0.05, 0.1) is 11.4 Å². The normalized spacial score (nSPS) is 11.3. The van der Waals surface area contributed by atoms with Gasteiger partial charge in [0, 0.05) is 40.6 Å². The highest BCUT2D eigenvalue weighted by atomic mass is 15.0. The van der Waals surface area contributed by atoms with Gasteiger partial charge in [-0.15, -0.1) is 0 Å². The molecule has 2 heterocycles. The van der Waals surface area contributed by atoms with Crippen LogP contribution in [0.25, 0.3) is 23.5 Å². The van der Waals surface area contributed by atoms with E-state index in [0.717, 1.165) is 22.5 Å². The van der Waals surface area contributed by atoms with Crippen LogP contribution in [0.15, 0.2) is 49.1 Å². The summed E-state index contributed by atoms with van der Waals surface area (Å²) in [5, 5.41) is 0. The standard InChI is InChI=1S/C18H22N4/c1-21(2)11-7-15-5-9-19-17(13-15)18-14-16(6-10-20-18)8-12-22(3)4/h5-14H,1-4H3/b11-7-,12-8+. The van der Waals surface area contributed by atoms with Gasteiger partial charge < -0.3 is 9.80 Å². The maximum absolute atomic E-state index is 4.43. The van der Waals surface area contributed by atoms with Crippen molar-refractivity contribution in [2.75, 3.05) is 28.2 Å². The summed E-state index contributed by atoms with van der Waals surface area (Å²) in [6.45, 7) is 0. The number of nitrogens with zero attached hydrogens (tertiary/aromatic N) is 4. The van der Waals surface area contributed by atoms with Gasteiger partial charge in [-0.2, -0.15) is 0 Å². The molecular weight excluding hydrogens is 272 g/mol. The Balaban J connectivity index is 2.28. The molecule has 0 fully saturated rings. The zero-order valence-corrected chi connectivity index (χ0v) is 13.6. The lowest BCUT2D eigenvalue weighted by molar-refractivity contribution is 0.567. The molecule has 4 heteroatoms. The lowest BCUT2D eigenvalue weighted by atomic mass is 10.1. The summed E-state index contributed by atoms with van der Waals surface area (Å²) in [5.41, 5.74) is 3.96. The van der Waals surface area contributed by atoms with Gasteiger partial charge in [0.25, 0.3) is 0 Å². The Morgan fingerprint density at radius 2 is 1.14 bits per heavy atom. The van der Waals surface area contributed by atoms with Crippen molar-refractivity contribution in [3.05, 3.63) is 60.2 Å². The Kier molecular flexibility index (Phi) is 5.31. The predicted octanol–water partition coefficient (Wildman–Crippen LogP) is 3.21. The summed E-state index contributed by atoms with van der Waals surface area (Å²) in [5.74, 6) is 0. The molecule has 2 aromatic heterocycles. The second kappa shape index (κ2) is 7.41. The molecule has 0 saturated heterocycles. The quantitative estimate of drug-likeness (QED) is 0.847. The highest BCUT2D eigenvalue weighted by molar-refractivity contribution is 5.63. The zero-order chi connectivity index (χ0) is 15.9. The minimum atomic E-state index is 0.876. The fraction of sp³-hybridized carbons (Fsp3) is 0.222. The first-order valence-corrected chi connectivity index (χ1v) is 7.16. The van der Waals surface area contributed by atoms with E-state index in [-0.39, 0.29) is 0 Å². The molecule has 0 bridgehead atoms. The molecule has 2 aromatic rings. The van der Waals surface area contributed by atoms with E-state index in [9.17, 15) is 0 Å². The SMILES string of the molecule is CN(C)/C=C\c1ccnc(-c2cc(/C=C/N(C)C)ccn2)c1. The first kappa shape index (κ1) is 15.8. The number of hydrogen-bond acceptors (Lipinski definition) is 4. The topological polar surface area (TPSA) is 32.3 Å². The second-order valence-electron chi connectivity index (χ2n) is 5.51. The van der Waals surface area contributed by atoms with Crippen LogP contribution < -0.4 is 0 Å². The molecule has 0 amide bonds. The van der Waals surface area contributed by atoms with Gasteiger partial charge in [0.2, 0.25) is 0 Å². The maximum atomic E-state index is 4.43. The Morgan fingerprint density at radius 1 is 0.727 bits per heavy atom. The van der Waals surface area contributed by atoms with Crippen molar-refractivity contribution >= 4 is 12.2 Å². The van der Waals surface area contributed by atoms with Gasteiger partial charge in [-0.1, -0.05) is 0 Å². The highest BCUT2D eigenvalue weighted by Gasteiger charge is 2.02. The Labute approximate surface area is 132 Å². The summed E-state index contributed by atoms with van der Waals surface area (Å²) in [7, 11) is 8.00. The van der Waals surface area contributed by atoms with Crippen LogP contribution >= 0.6 is 0 Å². The minimum Gasteiger partial charge on any atom is -0.383 e. The van der Waals surface area contributed by atoms with Crippen molar-refractivity contribution in [2.24, 2.45) is 0 Å². The third-order valence-electron chi connectivity index (χ3n) is 2.96. The summed E-state index contributed by atoms with van der Waals surface area (Å²) in [4.78, 5) is 12.9. The van der Waals surface area contributed by atoms with Crippen LogP contribution in [0.4, 0.5) is 0 Å². The van der Waals surface area contributed by atoms with Gasteiger partial charge in [0.15, 0.2) is 0 Å². The molecule has 22 heavy (non-hydrogen) atoms. The summed E-state index contributed by atoms with van der Waals surface area (Å²) >= 11 is 0. The molecule has 0 aliphatic heterocycles. The average molecular weight is 294 g/mol. The van der Waals surface area contributed by atoms with E-state index in [1.165, 1.54) is 0 Å². The van der Waals surface area contributed by atoms with E-state index < -0.39 is 0 Å². The smallest absolute Gasteiger partial charge is 0.0892 e. The zero-order valence-electron chi connectivity index (χ0n) is 13.6. The van der Waals surface area contributed by atoms with Crippen LogP contribution in [0.5, 0.6) is 0 Å². The van der Waals surface area contributed by atoms with Crippen molar-refractivity contribution in [2.45, 2.75) is 0 Å². The molecule has 2 rings (SSSR count). The molecule has 0 aliphatic carbocycles. The molecule has 0 aromatic carbocycles. The van der Waals surface area contributed by atoms with E-state index >= 15 is 0 Å². The van der Waals surface area contributed by atoms with Crippen molar-refractivity contribution in [1.82, 2.24) is 19.8 Å². The molecule has 0 unspecified atom stereocenters. The lowest BCUT2D eigenvalue weighted by Gasteiger charge is -2.06. The predicted molar refractivity (Wildman–Crippen MR) is 92.9 cm³/mol. The molecule has 114 valence electrons. The Bertz CT molecular complexity index is 613. The molecule has 0 atom stereocenters. The van der Waals surface area contributed by atoms with Gasteiger partial charge in [0.1, 0.15) is 0 Å². The Morgan fingerprint density at radius 3 is 1.50 bits per heavy atom. The van der Waals surface area contributed by atoms with Gasteiger partial charge in [-0.3, -0.25) is 9.97 Å². The summed E-state index contributed by atoms with van der Waals surface area (Å²) in [6.07, 6.45) is 11.8. The van der Waals surface area contributed by atoms with E-state index in [4.69, 9.17) is 0 Å². The first-order valence-electron chi connectivity index (χ1n) is 7.16. The van der Waals surface area contributed by atoms with Crippen LogP contribution in [0.2, 0.25) is 0 Å². The third kappa shape index (κ3) is 4.74. The number of aromatic nitrogens is 2. The van der Waals surface area contributed by atoms with Crippen molar-refractivity contribution in [3.8, 4) is 11.4 Å². The number of rotatable bonds is 5. The van der Waals surface area contributed by atoms with Crippen LogP contribution in [0.1, 0.15) is 11.1 Å². The van der Waals surface area contributed by atoms with E-state index in [2.05, 4.69) is 22.1 Å². The van der Waals surface area contributed by atoms with E-state index in [1.807, 2.05) is 87.0 Å². The monoisotopic (exact) mass is 294 g/mol. The highest BCUT2D eigenvalue weighted by Crippen LogP contribution is 2.18. The van der Waals surface area contributed by atoms with Gasteiger partial charge in [-0.05, 0) is 59.9 Å². The van der Waals surface area contributed by atoms with Crippen LogP contribution in [0, 0.1) is 0 Å². The molecule has 0 N–H and O–H groups in total. The molecule has 4 nitrogen and oxygen atoms in total. The fourth-order valence-electron chi connectivity index (χ4n) is 1.85. The van der Waals surface area contributed by atoms with Crippen LogP contribution in [-0.4, -0.2) is 48.0 Å². The molecular formula is C18H22N4. The van der Waals surface area contributed by atoms with Gasteiger partial charge >= 0.3 is 0 Å². The Hall–Kier alpha value is -2.62. The van der Waals surface area contributed by atoms with Gasteiger partial charge in [-0.25, -0.2) is 0 Å². The lowest BCUT2D eigenvalue weighted by Crippen LogP contribution is -2.00. The summed E-state index contributed by atoms with van der Waals surface area (Å²) < 4.78 is 0. The van der Waals surface area contributed by atoms with Crippen molar-refractivity contribution in [3.63, 3.8) is 0 Å².